The second-order valence-electron chi connectivity index (χ2n) is 6.35. The minimum atomic E-state index is -0.448. The van der Waals surface area contributed by atoms with Crippen LogP contribution in [0.3, 0.4) is 0 Å². The van der Waals surface area contributed by atoms with Crippen molar-refractivity contribution in [1.82, 2.24) is 4.90 Å². The predicted octanol–water partition coefficient (Wildman–Crippen LogP) is 3.60. The van der Waals surface area contributed by atoms with Crippen LogP contribution in [0.25, 0.3) is 5.47 Å². The van der Waals surface area contributed by atoms with Gasteiger partial charge in [-0.05, 0) is 39.2 Å². The summed E-state index contributed by atoms with van der Waals surface area (Å²) in [5.74, 6) is 0. The van der Waals surface area contributed by atoms with Gasteiger partial charge in [-0.3, -0.25) is 0 Å². The Labute approximate surface area is 128 Å². The van der Waals surface area contributed by atoms with Crippen molar-refractivity contribution < 1.29 is 9.53 Å². The minimum absolute atomic E-state index is 0.236. The molecule has 1 aliphatic heterocycles. The van der Waals surface area contributed by atoms with Crippen LogP contribution in [0, 0.1) is 0 Å². The Bertz CT molecular complexity index is 521. The van der Waals surface area contributed by atoms with Gasteiger partial charge >= 0.3 is 6.09 Å². The molecule has 1 heterocycles. The summed E-state index contributed by atoms with van der Waals surface area (Å²) < 4.78 is 5.40. The predicted molar refractivity (Wildman–Crippen MR) is 86.2 cm³/mol. The molecule has 1 aromatic rings. The zero-order valence-electron chi connectivity index (χ0n) is 13.1. The molecule has 110 valence electrons. The molecule has 0 unspecified atom stereocenters. The number of carbonyl (C=O) groups is 1. The van der Waals surface area contributed by atoms with Crippen LogP contribution >= 0.6 is 0 Å². The highest BCUT2D eigenvalue weighted by Crippen LogP contribution is 2.25. The third-order valence-corrected chi connectivity index (χ3v) is 3.48. The summed E-state index contributed by atoms with van der Waals surface area (Å²) >= 11 is 0. The van der Waals surface area contributed by atoms with Crippen molar-refractivity contribution in [3.8, 4) is 0 Å². The fourth-order valence-corrected chi connectivity index (χ4v) is 2.38. The van der Waals surface area contributed by atoms with Gasteiger partial charge in [-0.25, -0.2) is 4.79 Å². The molecule has 1 amide bonds. The molecule has 0 aromatic heterocycles. The molecule has 4 heteroatoms. The molecular weight excluding hydrogens is 261 g/mol. The molecule has 1 aromatic carbocycles. The number of nitrogens with zero attached hydrogens (tertiary/aromatic N) is 1. The van der Waals surface area contributed by atoms with Gasteiger partial charge in [0, 0.05) is 13.1 Å². The van der Waals surface area contributed by atoms with Gasteiger partial charge in [0.15, 0.2) is 0 Å². The number of rotatable bonds is 1. The third kappa shape index (κ3) is 4.38. The Morgan fingerprint density at radius 1 is 1.14 bits per heavy atom. The fraction of sp³-hybridized carbons (Fsp3) is 0.471. The second-order valence-corrected chi connectivity index (χ2v) is 6.35. The third-order valence-electron chi connectivity index (χ3n) is 3.48. The quantitative estimate of drug-likeness (QED) is 0.737. The van der Waals surface area contributed by atoms with Gasteiger partial charge in [0.1, 0.15) is 13.4 Å². The lowest BCUT2D eigenvalue weighted by atomic mass is 9.81. The zero-order valence-corrected chi connectivity index (χ0v) is 13.1. The maximum absolute atomic E-state index is 12.0. The molecule has 1 saturated heterocycles. The highest BCUT2D eigenvalue weighted by atomic mass is 16.6. The molecule has 1 aliphatic rings. The summed E-state index contributed by atoms with van der Waals surface area (Å²) in [6.07, 6.45) is 1.37. The van der Waals surface area contributed by atoms with E-state index in [-0.39, 0.29) is 6.09 Å². The Hall–Kier alpha value is -1.71. The number of amides is 1. The molecule has 1 fully saturated rings. The Morgan fingerprint density at radius 3 is 2.24 bits per heavy atom. The lowest BCUT2D eigenvalue weighted by Crippen LogP contribution is -2.40. The lowest BCUT2D eigenvalue weighted by Gasteiger charge is -2.31. The number of piperidine rings is 1. The van der Waals surface area contributed by atoms with E-state index in [4.69, 9.17) is 12.6 Å². The van der Waals surface area contributed by atoms with Crippen molar-refractivity contribution >= 4 is 19.4 Å². The van der Waals surface area contributed by atoms with Crippen LogP contribution in [0.15, 0.2) is 35.9 Å². The minimum Gasteiger partial charge on any atom is -0.444 e. The van der Waals surface area contributed by atoms with Crippen LogP contribution in [-0.2, 0) is 4.74 Å². The summed E-state index contributed by atoms with van der Waals surface area (Å²) in [5.41, 5.74) is 2.68. The summed E-state index contributed by atoms with van der Waals surface area (Å²) in [7, 11) is 6.24. The first-order valence-electron chi connectivity index (χ1n) is 7.37. The molecule has 0 saturated carbocycles. The maximum Gasteiger partial charge on any atom is 0.410 e. The highest BCUT2D eigenvalue weighted by Gasteiger charge is 2.25. The monoisotopic (exact) mass is 283 g/mol. The van der Waals surface area contributed by atoms with Crippen molar-refractivity contribution in [2.24, 2.45) is 0 Å². The van der Waals surface area contributed by atoms with Crippen molar-refractivity contribution in [2.75, 3.05) is 13.1 Å². The SMILES string of the molecule is [B]C(=C1CCN(C(=O)OC(C)(C)C)CC1)c1ccccc1. The summed E-state index contributed by atoms with van der Waals surface area (Å²) in [4.78, 5) is 13.8. The number of benzene rings is 1. The lowest BCUT2D eigenvalue weighted by molar-refractivity contribution is 0.0237. The van der Waals surface area contributed by atoms with Gasteiger partial charge in [0.2, 0.25) is 0 Å². The van der Waals surface area contributed by atoms with Gasteiger partial charge in [-0.2, -0.15) is 0 Å². The van der Waals surface area contributed by atoms with Crippen molar-refractivity contribution in [2.45, 2.75) is 39.2 Å². The van der Waals surface area contributed by atoms with Gasteiger partial charge in [-0.1, -0.05) is 41.4 Å². The van der Waals surface area contributed by atoms with Crippen LogP contribution in [0.5, 0.6) is 0 Å². The zero-order chi connectivity index (χ0) is 15.5. The summed E-state index contributed by atoms with van der Waals surface area (Å²) in [6, 6.07) is 9.98. The Balaban J connectivity index is 1.99. The van der Waals surface area contributed by atoms with Gasteiger partial charge in [-0.15, -0.1) is 0 Å². The average Bonchev–Trinajstić information content (AvgIpc) is 2.46. The van der Waals surface area contributed by atoms with E-state index in [1.165, 1.54) is 5.57 Å². The van der Waals surface area contributed by atoms with Crippen LogP contribution in [0.4, 0.5) is 4.79 Å². The second kappa shape index (κ2) is 6.38. The van der Waals surface area contributed by atoms with Crippen LogP contribution in [0.2, 0.25) is 0 Å². The summed E-state index contributed by atoms with van der Waals surface area (Å²) in [6.45, 7) is 6.98. The first kappa shape index (κ1) is 15.7. The average molecular weight is 283 g/mol. The van der Waals surface area contributed by atoms with Gasteiger partial charge in [0.05, 0.1) is 0 Å². The Morgan fingerprint density at radius 2 is 1.71 bits per heavy atom. The molecule has 21 heavy (non-hydrogen) atoms. The molecule has 0 aliphatic carbocycles. The number of carbonyl (C=O) groups excluding carboxylic acids is 1. The van der Waals surface area contributed by atoms with E-state index >= 15 is 0 Å². The summed E-state index contributed by atoms with van der Waals surface area (Å²) in [5, 5.41) is 0. The van der Waals surface area contributed by atoms with Crippen molar-refractivity contribution in [1.29, 1.82) is 0 Å². The molecule has 0 spiro atoms. The van der Waals surface area contributed by atoms with E-state index in [1.807, 2.05) is 51.1 Å². The number of hydrogen-bond acceptors (Lipinski definition) is 2. The number of likely N-dealkylation sites (tertiary alicyclic amines) is 1. The van der Waals surface area contributed by atoms with E-state index in [0.717, 1.165) is 23.9 Å². The van der Waals surface area contributed by atoms with Crippen LogP contribution in [-0.4, -0.2) is 37.5 Å². The highest BCUT2D eigenvalue weighted by molar-refractivity contribution is 6.42. The molecular formula is C17H22BNO2. The topological polar surface area (TPSA) is 29.5 Å². The van der Waals surface area contributed by atoms with E-state index in [2.05, 4.69) is 0 Å². The number of hydrogen-bond donors (Lipinski definition) is 0. The van der Waals surface area contributed by atoms with E-state index in [9.17, 15) is 4.79 Å². The van der Waals surface area contributed by atoms with E-state index in [0.29, 0.717) is 13.1 Å². The van der Waals surface area contributed by atoms with E-state index in [1.54, 1.807) is 4.90 Å². The van der Waals surface area contributed by atoms with Gasteiger partial charge < -0.3 is 9.64 Å². The fourth-order valence-electron chi connectivity index (χ4n) is 2.38. The first-order chi connectivity index (χ1) is 9.87. The van der Waals surface area contributed by atoms with Crippen molar-refractivity contribution in [3.05, 3.63) is 41.5 Å². The number of ether oxygens (including phenoxy) is 1. The largest absolute Gasteiger partial charge is 0.444 e. The molecule has 0 N–H and O–H groups in total. The first-order valence-corrected chi connectivity index (χ1v) is 7.37. The Kier molecular flexibility index (Phi) is 4.76. The molecule has 2 rings (SSSR count). The molecule has 0 atom stereocenters. The van der Waals surface area contributed by atoms with Crippen molar-refractivity contribution in [3.63, 3.8) is 0 Å². The normalized spacial score (nSPS) is 15.8. The molecule has 2 radical (unpaired) electrons. The maximum atomic E-state index is 12.0. The van der Waals surface area contributed by atoms with Crippen LogP contribution in [0.1, 0.15) is 39.2 Å². The van der Waals surface area contributed by atoms with E-state index < -0.39 is 5.60 Å². The molecule has 0 bridgehead atoms. The molecule has 3 nitrogen and oxygen atoms in total. The van der Waals surface area contributed by atoms with Crippen LogP contribution < -0.4 is 0 Å². The smallest absolute Gasteiger partial charge is 0.410 e. The standard InChI is InChI=1S/C17H22BNO2/c1-17(2,3)21-16(20)19-11-9-14(10-12-19)15(18)13-7-5-4-6-8-13/h4-8H,9-12H2,1-3H3. The van der Waals surface area contributed by atoms with Gasteiger partial charge in [0.25, 0.3) is 0 Å².